The van der Waals surface area contributed by atoms with Gasteiger partial charge in [0.2, 0.25) is 0 Å². The van der Waals surface area contributed by atoms with Crippen molar-refractivity contribution < 1.29 is 4.39 Å². The second kappa shape index (κ2) is 3.42. The van der Waals surface area contributed by atoms with Crippen LogP contribution in [0.4, 0.5) is 4.39 Å². The van der Waals surface area contributed by atoms with Gasteiger partial charge in [-0.25, -0.2) is 9.18 Å². The number of benzene rings is 1. The first-order valence-corrected chi connectivity index (χ1v) is 4.69. The Hall–Kier alpha value is -1.36. The number of aromatic nitrogens is 2. The van der Waals surface area contributed by atoms with Gasteiger partial charge in [-0.3, -0.25) is 9.55 Å². The third-order valence-corrected chi connectivity index (χ3v) is 2.18. The van der Waals surface area contributed by atoms with Crippen molar-refractivity contribution in [2.75, 3.05) is 0 Å². The van der Waals surface area contributed by atoms with Crippen LogP contribution in [0.25, 0.3) is 5.69 Å². The van der Waals surface area contributed by atoms with Crippen molar-refractivity contribution >= 4 is 15.9 Å². The van der Waals surface area contributed by atoms with Crippen molar-refractivity contribution in [2.45, 2.75) is 0 Å². The molecule has 3 nitrogen and oxygen atoms in total. The van der Waals surface area contributed by atoms with Gasteiger partial charge in [-0.05, 0) is 34.1 Å². The molecular weight excluding hydrogens is 251 g/mol. The van der Waals surface area contributed by atoms with Crippen LogP contribution in [0.2, 0.25) is 0 Å². The van der Waals surface area contributed by atoms with Gasteiger partial charge in [-0.2, -0.15) is 0 Å². The number of nitrogens with one attached hydrogen (secondary N) is 1. The Morgan fingerprint density at radius 3 is 2.79 bits per heavy atom. The van der Waals surface area contributed by atoms with Crippen LogP contribution in [0.15, 0.2) is 39.9 Å². The highest BCUT2D eigenvalue weighted by Crippen LogP contribution is 2.10. The Kier molecular flexibility index (Phi) is 2.25. The summed E-state index contributed by atoms with van der Waals surface area (Å²) >= 11 is 3.13. The molecule has 0 unspecified atom stereocenters. The van der Waals surface area contributed by atoms with E-state index in [0.717, 1.165) is 0 Å². The first kappa shape index (κ1) is 9.21. The fourth-order valence-corrected chi connectivity index (χ4v) is 1.56. The maximum Gasteiger partial charge on any atom is 0.330 e. The fourth-order valence-electron chi connectivity index (χ4n) is 1.18. The fraction of sp³-hybridized carbons (Fsp3) is 0. The first-order chi connectivity index (χ1) is 6.66. The lowest BCUT2D eigenvalue weighted by Gasteiger charge is -1.99. The number of rotatable bonds is 1. The molecule has 1 aromatic heterocycles. The SMILES string of the molecule is O=c1[nH]c(Br)cn1-c1cccc(F)c1. The zero-order valence-corrected chi connectivity index (χ0v) is 8.58. The lowest BCUT2D eigenvalue weighted by Crippen LogP contribution is -2.13. The minimum absolute atomic E-state index is 0.303. The lowest BCUT2D eigenvalue weighted by molar-refractivity contribution is 0.626. The highest BCUT2D eigenvalue weighted by molar-refractivity contribution is 9.10. The standard InChI is InChI=1S/C9H6BrFN2O/c10-8-5-13(9(14)12-8)7-3-1-2-6(11)4-7/h1-5H,(H,12,14). The van der Waals surface area contributed by atoms with E-state index in [1.807, 2.05) is 0 Å². The largest absolute Gasteiger partial charge is 0.330 e. The van der Waals surface area contributed by atoms with Crippen LogP contribution < -0.4 is 5.69 Å². The van der Waals surface area contributed by atoms with Crippen molar-refractivity contribution in [2.24, 2.45) is 0 Å². The molecule has 0 saturated heterocycles. The number of aromatic amines is 1. The monoisotopic (exact) mass is 256 g/mol. The number of hydrogen-bond acceptors (Lipinski definition) is 1. The summed E-state index contributed by atoms with van der Waals surface area (Å²) < 4.78 is 14.7. The van der Waals surface area contributed by atoms with Gasteiger partial charge in [-0.1, -0.05) is 6.07 Å². The maximum atomic E-state index is 12.9. The third kappa shape index (κ3) is 1.63. The summed E-state index contributed by atoms with van der Waals surface area (Å²) in [4.78, 5) is 13.8. The van der Waals surface area contributed by atoms with Crippen LogP contribution in [0.5, 0.6) is 0 Å². The molecule has 0 amide bonds. The summed E-state index contributed by atoms with van der Waals surface area (Å²) in [5, 5.41) is 0. The molecule has 1 aromatic carbocycles. The second-order valence-electron chi connectivity index (χ2n) is 2.76. The van der Waals surface area contributed by atoms with Crippen molar-refractivity contribution in [3.8, 4) is 5.69 Å². The Balaban J connectivity index is 2.60. The molecule has 0 radical (unpaired) electrons. The molecule has 2 aromatic rings. The molecule has 5 heteroatoms. The Labute approximate surface area is 87.3 Å². The molecule has 2 rings (SSSR count). The van der Waals surface area contributed by atoms with Crippen LogP contribution in [0.3, 0.4) is 0 Å². The van der Waals surface area contributed by atoms with Crippen molar-refractivity contribution in [3.05, 3.63) is 51.4 Å². The Morgan fingerprint density at radius 1 is 1.43 bits per heavy atom. The summed E-state index contributed by atoms with van der Waals surface area (Å²) in [5.41, 5.74) is 0.194. The topological polar surface area (TPSA) is 37.8 Å². The highest BCUT2D eigenvalue weighted by Gasteiger charge is 2.03. The van der Waals surface area contributed by atoms with Gasteiger partial charge in [-0.15, -0.1) is 0 Å². The van der Waals surface area contributed by atoms with E-state index in [9.17, 15) is 9.18 Å². The summed E-state index contributed by atoms with van der Waals surface area (Å²) in [6.45, 7) is 0. The molecule has 0 aliphatic carbocycles. The molecular formula is C9H6BrFN2O. The molecule has 0 aliphatic rings. The normalized spacial score (nSPS) is 10.4. The average molecular weight is 257 g/mol. The first-order valence-electron chi connectivity index (χ1n) is 3.90. The minimum Gasteiger partial charge on any atom is -0.300 e. The van der Waals surface area contributed by atoms with E-state index in [2.05, 4.69) is 20.9 Å². The molecule has 0 saturated carbocycles. The molecule has 1 N–H and O–H groups in total. The minimum atomic E-state index is -0.369. The zero-order chi connectivity index (χ0) is 10.1. The predicted octanol–water partition coefficient (Wildman–Crippen LogP) is 2.07. The number of H-pyrrole nitrogens is 1. The molecule has 0 bridgehead atoms. The van der Waals surface area contributed by atoms with Gasteiger partial charge in [0, 0.05) is 6.20 Å². The van der Waals surface area contributed by atoms with E-state index < -0.39 is 0 Å². The van der Waals surface area contributed by atoms with Crippen LogP contribution in [0.1, 0.15) is 0 Å². The van der Waals surface area contributed by atoms with Gasteiger partial charge < -0.3 is 0 Å². The van der Waals surface area contributed by atoms with E-state index in [1.165, 1.54) is 16.7 Å². The molecule has 0 fully saturated rings. The Morgan fingerprint density at radius 2 is 2.21 bits per heavy atom. The third-order valence-electron chi connectivity index (χ3n) is 1.77. The number of halogens is 2. The molecule has 1 heterocycles. The number of imidazole rings is 1. The van der Waals surface area contributed by atoms with Crippen molar-refractivity contribution in [3.63, 3.8) is 0 Å². The summed E-state index contributed by atoms with van der Waals surface area (Å²) in [6.07, 6.45) is 1.55. The van der Waals surface area contributed by atoms with Crippen LogP contribution in [0, 0.1) is 5.82 Å². The molecule has 0 spiro atoms. The summed E-state index contributed by atoms with van der Waals surface area (Å²) in [7, 11) is 0. The molecule has 72 valence electrons. The smallest absolute Gasteiger partial charge is 0.300 e. The quantitative estimate of drug-likeness (QED) is 0.834. The number of nitrogens with zero attached hydrogens (tertiary/aromatic N) is 1. The van der Waals surface area contributed by atoms with Gasteiger partial charge in [0.15, 0.2) is 0 Å². The zero-order valence-electron chi connectivity index (χ0n) is 7.00. The van der Waals surface area contributed by atoms with Crippen LogP contribution in [-0.4, -0.2) is 9.55 Å². The molecule has 14 heavy (non-hydrogen) atoms. The number of hydrogen-bond donors (Lipinski definition) is 1. The van der Waals surface area contributed by atoms with Gasteiger partial charge >= 0.3 is 5.69 Å². The van der Waals surface area contributed by atoms with Crippen molar-refractivity contribution in [1.29, 1.82) is 0 Å². The Bertz CT molecular complexity index is 518. The van der Waals surface area contributed by atoms with Crippen LogP contribution >= 0.6 is 15.9 Å². The van der Waals surface area contributed by atoms with Crippen molar-refractivity contribution in [1.82, 2.24) is 9.55 Å². The predicted molar refractivity (Wildman–Crippen MR) is 54.0 cm³/mol. The lowest BCUT2D eigenvalue weighted by atomic mass is 10.3. The maximum absolute atomic E-state index is 12.9. The van der Waals surface area contributed by atoms with E-state index in [4.69, 9.17) is 0 Å². The second-order valence-corrected chi connectivity index (χ2v) is 3.61. The molecule has 0 aliphatic heterocycles. The van der Waals surface area contributed by atoms with Crippen LogP contribution in [-0.2, 0) is 0 Å². The highest BCUT2D eigenvalue weighted by atomic mass is 79.9. The van der Waals surface area contributed by atoms with Gasteiger partial charge in [0.05, 0.1) is 5.69 Å². The van der Waals surface area contributed by atoms with E-state index in [0.29, 0.717) is 10.3 Å². The average Bonchev–Trinajstić information content (AvgIpc) is 2.45. The van der Waals surface area contributed by atoms with Gasteiger partial charge in [0.1, 0.15) is 10.4 Å². The van der Waals surface area contributed by atoms with E-state index >= 15 is 0 Å². The summed E-state index contributed by atoms with van der Waals surface area (Å²) in [6, 6.07) is 5.83. The van der Waals surface area contributed by atoms with E-state index in [-0.39, 0.29) is 11.5 Å². The summed E-state index contributed by atoms with van der Waals surface area (Å²) in [5.74, 6) is -0.369. The molecule has 0 atom stereocenters. The van der Waals surface area contributed by atoms with E-state index in [1.54, 1.807) is 18.3 Å². The van der Waals surface area contributed by atoms with Gasteiger partial charge in [0.25, 0.3) is 0 Å².